The molecule has 2 aliphatic rings. The first kappa shape index (κ1) is 11.4. The summed E-state index contributed by atoms with van der Waals surface area (Å²) >= 11 is 0. The Morgan fingerprint density at radius 2 is 2.28 bits per heavy atom. The van der Waals surface area contributed by atoms with Gasteiger partial charge in [-0.3, -0.25) is 9.78 Å². The fourth-order valence-corrected chi connectivity index (χ4v) is 3.03. The van der Waals surface area contributed by atoms with Crippen molar-refractivity contribution in [1.82, 2.24) is 10.4 Å². The highest BCUT2D eigenvalue weighted by molar-refractivity contribution is 6.15. The van der Waals surface area contributed by atoms with Crippen LogP contribution < -0.4 is 5.43 Å². The van der Waals surface area contributed by atoms with Crippen LogP contribution in [-0.2, 0) is 4.79 Å². The summed E-state index contributed by atoms with van der Waals surface area (Å²) in [5.41, 5.74) is 5.01. The van der Waals surface area contributed by atoms with Crippen molar-refractivity contribution in [3.63, 3.8) is 0 Å². The molecule has 0 amide bonds. The van der Waals surface area contributed by atoms with E-state index in [1.165, 1.54) is 0 Å². The van der Waals surface area contributed by atoms with Gasteiger partial charge in [-0.25, -0.2) is 0 Å². The van der Waals surface area contributed by atoms with Gasteiger partial charge in [0.05, 0.1) is 17.7 Å². The fourth-order valence-electron chi connectivity index (χ4n) is 3.03. The standard InChI is InChI=1S/C14H17N3O/c1-14(2)6-10-12(11(18)7-14)13(17-16-10)9-4-3-5-15-8-9/h3-5,8,10,12,16H,6-7H2,1-2H3/t10-,12-/m0/s1. The second kappa shape index (κ2) is 3.90. The topological polar surface area (TPSA) is 54.4 Å². The quantitative estimate of drug-likeness (QED) is 0.817. The van der Waals surface area contributed by atoms with Gasteiger partial charge >= 0.3 is 0 Å². The van der Waals surface area contributed by atoms with Gasteiger partial charge in [-0.05, 0) is 24.0 Å². The molecule has 1 aromatic rings. The van der Waals surface area contributed by atoms with Crippen molar-refractivity contribution >= 4 is 11.5 Å². The zero-order chi connectivity index (χ0) is 12.8. The van der Waals surface area contributed by atoms with Crippen LogP contribution in [0.5, 0.6) is 0 Å². The first-order chi connectivity index (χ1) is 8.57. The first-order valence-electron chi connectivity index (χ1n) is 6.33. The number of carbonyl (C=O) groups excluding carboxylic acids is 1. The van der Waals surface area contributed by atoms with Gasteiger partial charge in [-0.15, -0.1) is 0 Å². The predicted molar refractivity (Wildman–Crippen MR) is 69.2 cm³/mol. The van der Waals surface area contributed by atoms with Crippen molar-refractivity contribution in [1.29, 1.82) is 0 Å². The molecule has 2 atom stereocenters. The fraction of sp³-hybridized carbons (Fsp3) is 0.500. The Kier molecular flexibility index (Phi) is 2.47. The normalized spacial score (nSPS) is 29.4. The molecule has 0 aromatic carbocycles. The highest BCUT2D eigenvalue weighted by Crippen LogP contribution is 2.39. The van der Waals surface area contributed by atoms with Gasteiger partial charge in [0.15, 0.2) is 0 Å². The van der Waals surface area contributed by atoms with E-state index < -0.39 is 0 Å². The van der Waals surface area contributed by atoms with Crippen LogP contribution in [0.4, 0.5) is 0 Å². The number of hydrogen-bond acceptors (Lipinski definition) is 4. The van der Waals surface area contributed by atoms with Crippen LogP contribution in [0.25, 0.3) is 0 Å². The molecule has 3 rings (SSSR count). The summed E-state index contributed by atoms with van der Waals surface area (Å²) in [6, 6.07) is 3.99. The Morgan fingerprint density at radius 1 is 1.44 bits per heavy atom. The summed E-state index contributed by atoms with van der Waals surface area (Å²) in [6.07, 6.45) is 5.12. The van der Waals surface area contributed by atoms with Gasteiger partial charge in [0.1, 0.15) is 5.78 Å². The molecule has 1 fully saturated rings. The number of pyridine rings is 1. The second-order valence-electron chi connectivity index (χ2n) is 5.96. The van der Waals surface area contributed by atoms with E-state index in [0.717, 1.165) is 17.7 Å². The number of nitrogens with zero attached hydrogens (tertiary/aromatic N) is 2. The maximum Gasteiger partial charge on any atom is 0.144 e. The minimum Gasteiger partial charge on any atom is -0.306 e. The van der Waals surface area contributed by atoms with Gasteiger partial charge < -0.3 is 5.43 Å². The van der Waals surface area contributed by atoms with E-state index >= 15 is 0 Å². The van der Waals surface area contributed by atoms with Gasteiger partial charge in [0, 0.05) is 24.4 Å². The second-order valence-corrected chi connectivity index (χ2v) is 5.96. The molecule has 18 heavy (non-hydrogen) atoms. The molecular weight excluding hydrogens is 226 g/mol. The molecule has 4 nitrogen and oxygen atoms in total. The Morgan fingerprint density at radius 3 is 3.00 bits per heavy atom. The van der Waals surface area contributed by atoms with Crippen molar-refractivity contribution in [2.75, 3.05) is 0 Å². The third-order valence-electron chi connectivity index (χ3n) is 3.78. The lowest BCUT2D eigenvalue weighted by Crippen LogP contribution is -2.45. The molecule has 4 heteroatoms. The zero-order valence-corrected chi connectivity index (χ0v) is 10.7. The van der Waals surface area contributed by atoms with Crippen molar-refractivity contribution in [2.45, 2.75) is 32.7 Å². The van der Waals surface area contributed by atoms with Crippen LogP contribution in [0.15, 0.2) is 29.6 Å². The molecule has 0 unspecified atom stereocenters. The van der Waals surface area contributed by atoms with E-state index in [-0.39, 0.29) is 17.4 Å². The number of nitrogens with one attached hydrogen (secondary N) is 1. The molecular formula is C14H17N3O. The van der Waals surface area contributed by atoms with E-state index in [4.69, 9.17) is 0 Å². The maximum absolute atomic E-state index is 12.3. The maximum atomic E-state index is 12.3. The molecule has 0 spiro atoms. The number of Topliss-reactive ketones (excluding diaryl/α,β-unsaturated/α-hetero) is 1. The van der Waals surface area contributed by atoms with Crippen LogP contribution in [-0.4, -0.2) is 22.5 Å². The number of hydrazone groups is 1. The largest absolute Gasteiger partial charge is 0.306 e. The van der Waals surface area contributed by atoms with E-state index in [2.05, 4.69) is 29.4 Å². The van der Waals surface area contributed by atoms with Crippen molar-refractivity contribution in [3.8, 4) is 0 Å². The number of aromatic nitrogens is 1. The summed E-state index contributed by atoms with van der Waals surface area (Å²) in [6.45, 7) is 4.29. The Hall–Kier alpha value is -1.71. The average Bonchev–Trinajstić information content (AvgIpc) is 2.72. The lowest BCUT2D eigenvalue weighted by atomic mass is 9.68. The van der Waals surface area contributed by atoms with Crippen molar-refractivity contribution in [3.05, 3.63) is 30.1 Å². The molecule has 0 radical (unpaired) electrons. The van der Waals surface area contributed by atoms with E-state index in [9.17, 15) is 4.79 Å². The molecule has 94 valence electrons. The van der Waals surface area contributed by atoms with Crippen LogP contribution in [0.2, 0.25) is 0 Å². The number of hydrogen-bond donors (Lipinski definition) is 1. The molecule has 1 aliphatic heterocycles. The number of fused-ring (bicyclic) bond motifs is 1. The summed E-state index contributed by atoms with van der Waals surface area (Å²) < 4.78 is 0. The SMILES string of the molecule is CC1(C)CC(=O)[C@H]2C(c3cccnc3)=NN[C@H]2C1. The zero-order valence-electron chi connectivity index (χ0n) is 10.7. The van der Waals surface area contributed by atoms with Crippen LogP contribution in [0, 0.1) is 11.3 Å². The monoisotopic (exact) mass is 243 g/mol. The third-order valence-corrected chi connectivity index (χ3v) is 3.78. The van der Waals surface area contributed by atoms with Crippen LogP contribution in [0.1, 0.15) is 32.3 Å². The first-order valence-corrected chi connectivity index (χ1v) is 6.33. The van der Waals surface area contributed by atoms with Crippen molar-refractivity contribution in [2.24, 2.45) is 16.4 Å². The van der Waals surface area contributed by atoms with Gasteiger partial charge in [-0.1, -0.05) is 13.8 Å². The van der Waals surface area contributed by atoms with E-state index in [1.807, 2.05) is 12.1 Å². The summed E-state index contributed by atoms with van der Waals surface area (Å²) in [7, 11) is 0. The lowest BCUT2D eigenvalue weighted by molar-refractivity contribution is -0.126. The van der Waals surface area contributed by atoms with Gasteiger partial charge in [0.25, 0.3) is 0 Å². The summed E-state index contributed by atoms with van der Waals surface area (Å²) in [5.74, 6) is 0.200. The Bertz CT molecular complexity index is 507. The minimum absolute atomic E-state index is 0.0746. The molecule has 1 saturated carbocycles. The highest BCUT2D eigenvalue weighted by Gasteiger charge is 2.46. The van der Waals surface area contributed by atoms with Crippen LogP contribution in [0.3, 0.4) is 0 Å². The average molecular weight is 243 g/mol. The predicted octanol–water partition coefficient (Wildman–Crippen LogP) is 1.76. The Labute approximate surface area is 107 Å². The summed E-state index contributed by atoms with van der Waals surface area (Å²) in [4.78, 5) is 16.4. The highest BCUT2D eigenvalue weighted by atomic mass is 16.1. The number of ketones is 1. The lowest BCUT2D eigenvalue weighted by Gasteiger charge is -2.36. The molecule has 2 heterocycles. The van der Waals surface area contributed by atoms with E-state index in [1.54, 1.807) is 12.4 Å². The summed E-state index contributed by atoms with van der Waals surface area (Å²) in [5, 5.41) is 4.37. The minimum atomic E-state index is -0.0952. The van der Waals surface area contributed by atoms with Crippen LogP contribution >= 0.6 is 0 Å². The molecule has 1 aliphatic carbocycles. The molecule has 0 saturated heterocycles. The molecule has 0 bridgehead atoms. The van der Waals surface area contributed by atoms with Gasteiger partial charge in [0.2, 0.25) is 0 Å². The van der Waals surface area contributed by atoms with E-state index in [0.29, 0.717) is 12.2 Å². The number of rotatable bonds is 1. The van der Waals surface area contributed by atoms with Crippen molar-refractivity contribution < 1.29 is 4.79 Å². The Balaban J connectivity index is 1.91. The number of carbonyl (C=O) groups is 1. The molecule has 1 N–H and O–H groups in total. The molecule has 1 aromatic heterocycles. The van der Waals surface area contributed by atoms with Gasteiger partial charge in [-0.2, -0.15) is 5.10 Å². The smallest absolute Gasteiger partial charge is 0.144 e. The third kappa shape index (κ3) is 1.82.